The van der Waals surface area contributed by atoms with Gasteiger partial charge in [0.1, 0.15) is 0 Å². The second-order valence-corrected chi connectivity index (χ2v) is 6.69. The first-order valence-corrected chi connectivity index (χ1v) is 8.61. The van der Waals surface area contributed by atoms with Crippen LogP contribution in [-0.4, -0.2) is 39.5 Å². The summed E-state index contributed by atoms with van der Waals surface area (Å²) in [7, 11) is 0. The molecular weight excluding hydrogens is 296 g/mol. The van der Waals surface area contributed by atoms with Gasteiger partial charge in [0.05, 0.1) is 5.56 Å². The monoisotopic (exact) mass is 318 g/mol. The van der Waals surface area contributed by atoms with E-state index in [1.807, 2.05) is 30.2 Å². The van der Waals surface area contributed by atoms with Crippen LogP contribution in [0.4, 0.5) is 0 Å². The number of rotatable bonds is 3. The molecule has 0 aromatic carbocycles. The van der Waals surface area contributed by atoms with Gasteiger partial charge in [-0.2, -0.15) is 0 Å². The molecule has 0 bridgehead atoms. The van der Waals surface area contributed by atoms with E-state index in [2.05, 4.69) is 9.55 Å². The van der Waals surface area contributed by atoms with Crippen LogP contribution >= 0.6 is 11.3 Å². The van der Waals surface area contributed by atoms with Crippen LogP contribution in [0.3, 0.4) is 0 Å². The van der Waals surface area contributed by atoms with Gasteiger partial charge in [-0.25, -0.2) is 4.98 Å². The van der Waals surface area contributed by atoms with E-state index >= 15 is 0 Å². The standard InChI is InChI=1S/C16H22N4OS/c1-11-9-14(12(2)20(11)16-18-6-8-22-16)15(21)19-7-4-3-5-13(19)10-17/h6,8-9,13H,3-5,7,10,17H2,1-2H3. The molecule has 6 heteroatoms. The van der Waals surface area contributed by atoms with E-state index in [1.54, 1.807) is 17.5 Å². The molecule has 1 saturated heterocycles. The zero-order chi connectivity index (χ0) is 15.7. The van der Waals surface area contributed by atoms with Gasteiger partial charge in [0.15, 0.2) is 5.13 Å². The first-order chi connectivity index (χ1) is 10.6. The fourth-order valence-corrected chi connectivity index (χ4v) is 4.02. The van der Waals surface area contributed by atoms with E-state index in [1.165, 1.54) is 0 Å². The summed E-state index contributed by atoms with van der Waals surface area (Å²) >= 11 is 1.58. The van der Waals surface area contributed by atoms with Crippen LogP contribution in [-0.2, 0) is 0 Å². The van der Waals surface area contributed by atoms with Gasteiger partial charge in [0.25, 0.3) is 5.91 Å². The lowest BCUT2D eigenvalue weighted by Crippen LogP contribution is -2.47. The number of aryl methyl sites for hydroxylation is 1. The Morgan fingerprint density at radius 2 is 2.27 bits per heavy atom. The molecule has 2 N–H and O–H groups in total. The Hall–Kier alpha value is -1.66. The largest absolute Gasteiger partial charge is 0.334 e. The lowest BCUT2D eigenvalue weighted by Gasteiger charge is -2.35. The number of likely N-dealkylation sites (tertiary alicyclic amines) is 1. The SMILES string of the molecule is Cc1cc(C(=O)N2CCCCC2CN)c(C)n1-c1nccs1. The van der Waals surface area contributed by atoms with Gasteiger partial charge < -0.3 is 10.6 Å². The minimum atomic E-state index is 0.103. The maximum atomic E-state index is 13.0. The van der Waals surface area contributed by atoms with Gasteiger partial charge in [-0.1, -0.05) is 0 Å². The number of hydrogen-bond donors (Lipinski definition) is 1. The number of thiazole rings is 1. The lowest BCUT2D eigenvalue weighted by atomic mass is 10.0. The average Bonchev–Trinajstić information content (AvgIpc) is 3.14. The van der Waals surface area contributed by atoms with Crippen molar-refractivity contribution in [1.82, 2.24) is 14.5 Å². The molecule has 1 atom stereocenters. The number of nitrogens with zero attached hydrogens (tertiary/aromatic N) is 3. The number of amides is 1. The van der Waals surface area contributed by atoms with E-state index in [0.717, 1.165) is 47.9 Å². The van der Waals surface area contributed by atoms with Crippen molar-refractivity contribution in [1.29, 1.82) is 0 Å². The minimum Gasteiger partial charge on any atom is -0.334 e. The van der Waals surface area contributed by atoms with Crippen LogP contribution in [0, 0.1) is 13.8 Å². The third-order valence-corrected chi connectivity index (χ3v) is 5.19. The van der Waals surface area contributed by atoms with Crippen LogP contribution < -0.4 is 5.73 Å². The Morgan fingerprint density at radius 1 is 1.45 bits per heavy atom. The Labute approximate surface area is 134 Å². The smallest absolute Gasteiger partial charge is 0.255 e. The number of piperidine rings is 1. The number of carbonyl (C=O) groups excluding carboxylic acids is 1. The molecule has 1 aliphatic rings. The lowest BCUT2D eigenvalue weighted by molar-refractivity contribution is 0.0622. The quantitative estimate of drug-likeness (QED) is 0.945. The molecule has 0 saturated carbocycles. The van der Waals surface area contributed by atoms with Gasteiger partial charge in [-0.15, -0.1) is 11.3 Å². The summed E-state index contributed by atoms with van der Waals surface area (Å²) in [6, 6.07) is 2.14. The minimum absolute atomic E-state index is 0.103. The second-order valence-electron chi connectivity index (χ2n) is 5.82. The molecule has 0 aliphatic carbocycles. The van der Waals surface area contributed by atoms with Gasteiger partial charge in [0.2, 0.25) is 0 Å². The molecule has 1 amide bonds. The first-order valence-electron chi connectivity index (χ1n) is 7.73. The number of hydrogen-bond acceptors (Lipinski definition) is 4. The van der Waals surface area contributed by atoms with Crippen molar-refractivity contribution >= 4 is 17.2 Å². The summed E-state index contributed by atoms with van der Waals surface area (Å²) in [5.74, 6) is 0.103. The van der Waals surface area contributed by atoms with Crippen molar-refractivity contribution in [2.24, 2.45) is 5.73 Å². The van der Waals surface area contributed by atoms with Crippen LogP contribution in [0.2, 0.25) is 0 Å². The van der Waals surface area contributed by atoms with Crippen molar-refractivity contribution in [2.75, 3.05) is 13.1 Å². The Bertz CT molecular complexity index is 662. The Balaban J connectivity index is 1.95. The van der Waals surface area contributed by atoms with Gasteiger partial charge in [-0.3, -0.25) is 9.36 Å². The molecule has 1 aliphatic heterocycles. The van der Waals surface area contributed by atoms with E-state index < -0.39 is 0 Å². The highest BCUT2D eigenvalue weighted by Gasteiger charge is 2.29. The fourth-order valence-electron chi connectivity index (χ4n) is 3.27. The van der Waals surface area contributed by atoms with Crippen molar-refractivity contribution in [3.05, 3.63) is 34.6 Å². The van der Waals surface area contributed by atoms with E-state index in [9.17, 15) is 4.79 Å². The van der Waals surface area contributed by atoms with E-state index in [-0.39, 0.29) is 11.9 Å². The van der Waals surface area contributed by atoms with Crippen LogP contribution in [0.1, 0.15) is 41.0 Å². The highest BCUT2D eigenvalue weighted by Crippen LogP contribution is 2.25. The molecule has 3 rings (SSSR count). The average molecular weight is 318 g/mol. The zero-order valence-electron chi connectivity index (χ0n) is 13.1. The summed E-state index contributed by atoms with van der Waals surface area (Å²) in [6.07, 6.45) is 5.01. The molecule has 0 radical (unpaired) electrons. The molecule has 5 nitrogen and oxygen atoms in total. The van der Waals surface area contributed by atoms with Crippen molar-refractivity contribution in [3.63, 3.8) is 0 Å². The Morgan fingerprint density at radius 3 is 2.95 bits per heavy atom. The summed E-state index contributed by atoms with van der Waals surface area (Å²) in [6.45, 7) is 5.35. The van der Waals surface area contributed by atoms with Gasteiger partial charge >= 0.3 is 0 Å². The van der Waals surface area contributed by atoms with Crippen LogP contribution in [0.25, 0.3) is 5.13 Å². The first kappa shape index (κ1) is 15.2. The van der Waals surface area contributed by atoms with Gasteiger partial charge in [-0.05, 0) is 39.2 Å². The number of aromatic nitrogens is 2. The number of carbonyl (C=O) groups is 1. The summed E-state index contributed by atoms with van der Waals surface area (Å²) < 4.78 is 2.05. The Kier molecular flexibility index (Phi) is 4.31. The maximum Gasteiger partial charge on any atom is 0.255 e. The molecule has 3 heterocycles. The van der Waals surface area contributed by atoms with Crippen molar-refractivity contribution in [3.8, 4) is 5.13 Å². The third kappa shape index (κ3) is 2.57. The molecule has 1 fully saturated rings. The molecular formula is C16H22N4OS. The second kappa shape index (κ2) is 6.22. The molecule has 2 aromatic rings. The highest BCUT2D eigenvalue weighted by molar-refractivity contribution is 7.12. The van der Waals surface area contributed by atoms with Crippen LogP contribution in [0.15, 0.2) is 17.6 Å². The van der Waals surface area contributed by atoms with Crippen molar-refractivity contribution < 1.29 is 4.79 Å². The normalized spacial score (nSPS) is 18.7. The van der Waals surface area contributed by atoms with E-state index in [4.69, 9.17) is 5.73 Å². The predicted molar refractivity (Wildman–Crippen MR) is 88.6 cm³/mol. The van der Waals surface area contributed by atoms with Gasteiger partial charge in [0, 0.05) is 42.1 Å². The molecule has 118 valence electrons. The van der Waals surface area contributed by atoms with Crippen molar-refractivity contribution in [2.45, 2.75) is 39.2 Å². The van der Waals surface area contributed by atoms with Crippen LogP contribution in [0.5, 0.6) is 0 Å². The summed E-state index contributed by atoms with van der Waals surface area (Å²) in [5.41, 5.74) is 8.62. The molecule has 2 aromatic heterocycles. The third-order valence-electron chi connectivity index (χ3n) is 4.43. The summed E-state index contributed by atoms with van der Waals surface area (Å²) in [4.78, 5) is 19.3. The molecule has 1 unspecified atom stereocenters. The topological polar surface area (TPSA) is 64.2 Å². The highest BCUT2D eigenvalue weighted by atomic mass is 32.1. The maximum absolute atomic E-state index is 13.0. The predicted octanol–water partition coefficient (Wildman–Crippen LogP) is 2.50. The number of nitrogens with two attached hydrogens (primary N) is 1. The molecule has 22 heavy (non-hydrogen) atoms. The molecule has 0 spiro atoms. The fraction of sp³-hybridized carbons (Fsp3) is 0.500. The van der Waals surface area contributed by atoms with E-state index in [0.29, 0.717) is 6.54 Å². The zero-order valence-corrected chi connectivity index (χ0v) is 13.9. The summed E-state index contributed by atoms with van der Waals surface area (Å²) in [5, 5.41) is 2.85.